The fraction of sp³-hybridized carbons (Fsp3) is 0.938. The van der Waals surface area contributed by atoms with Crippen LogP contribution >= 0.6 is 0 Å². The van der Waals surface area contributed by atoms with Gasteiger partial charge in [-0.1, -0.05) is 91.4 Å². The summed E-state index contributed by atoms with van der Waals surface area (Å²) in [5.41, 5.74) is -0.0180. The predicted molar refractivity (Wildman–Crippen MR) is 154 cm³/mol. The summed E-state index contributed by atoms with van der Waals surface area (Å²) in [6, 6.07) is 0. The molecule has 212 valence electrons. The van der Waals surface area contributed by atoms with E-state index >= 15 is 0 Å². The molecule has 3 saturated carbocycles. The van der Waals surface area contributed by atoms with Gasteiger partial charge < -0.3 is 19.0 Å². The first kappa shape index (κ1) is 29.6. The van der Waals surface area contributed by atoms with Crippen LogP contribution in [0.5, 0.6) is 0 Å². The van der Waals surface area contributed by atoms with Gasteiger partial charge in [0, 0.05) is 11.3 Å². The highest BCUT2D eigenvalue weighted by Crippen LogP contribution is 2.71. The molecule has 5 heteroatoms. The van der Waals surface area contributed by atoms with E-state index in [9.17, 15) is 5.11 Å². The Kier molecular flexibility index (Phi) is 9.29. The molecule has 1 unspecified atom stereocenters. The molecule has 1 saturated heterocycles. The molecule has 4 aliphatic rings. The van der Waals surface area contributed by atoms with Crippen molar-refractivity contribution in [1.82, 2.24) is 0 Å². The Morgan fingerprint density at radius 3 is 2.32 bits per heavy atom. The Morgan fingerprint density at radius 2 is 1.70 bits per heavy atom. The standard InChI is InChI=1S/C32H56O4Si/c1-8-9-10-14-20-31-21-19-27(33)26(29(31)24(2)32(31)34-22-23-35-32)17-18-28(25-15-12-11-13-16-25)36-37(6,7)30(3,4)5/h24-29,33H,8-16,19-23H2,1-7H3/t24?,26-,27+,28-,29+,31-/m1/s1. The number of rotatable bonds is 8. The van der Waals surface area contributed by atoms with Crippen LogP contribution in [0.4, 0.5) is 0 Å². The average molecular weight is 533 g/mol. The summed E-state index contributed by atoms with van der Waals surface area (Å²) in [5.74, 6) is 8.04. The molecular formula is C32H56O4Si. The topological polar surface area (TPSA) is 47.9 Å². The van der Waals surface area contributed by atoms with Gasteiger partial charge in [-0.2, -0.15) is 0 Å². The fourth-order valence-electron chi connectivity index (χ4n) is 7.98. The van der Waals surface area contributed by atoms with Crippen LogP contribution in [0.3, 0.4) is 0 Å². The van der Waals surface area contributed by atoms with Gasteiger partial charge in [0.2, 0.25) is 0 Å². The number of hydrogen-bond donors (Lipinski definition) is 1. The van der Waals surface area contributed by atoms with Crippen molar-refractivity contribution in [3.8, 4) is 11.8 Å². The molecule has 1 N–H and O–H groups in total. The van der Waals surface area contributed by atoms with Crippen LogP contribution in [0.1, 0.15) is 112 Å². The van der Waals surface area contributed by atoms with Crippen molar-refractivity contribution in [3.05, 3.63) is 0 Å². The SMILES string of the molecule is CCCCCC[C@@]12CC[C@H](O)[C@@H](C#C[C@@H](O[Si](C)(C)C(C)(C)C)C3CCCCC3)[C@@H]1C(C)C21OCCO1. The highest BCUT2D eigenvalue weighted by molar-refractivity contribution is 6.74. The minimum absolute atomic E-state index is 0.0161. The summed E-state index contributed by atoms with van der Waals surface area (Å²) in [6.45, 7) is 17.6. The molecule has 1 aliphatic heterocycles. The van der Waals surface area contributed by atoms with E-state index in [4.69, 9.17) is 13.9 Å². The Bertz CT molecular complexity index is 811. The van der Waals surface area contributed by atoms with Gasteiger partial charge >= 0.3 is 0 Å². The normalized spacial score (nSPS) is 34.9. The number of unbranched alkanes of at least 4 members (excludes halogenated alkanes) is 3. The summed E-state index contributed by atoms with van der Waals surface area (Å²) >= 11 is 0. The minimum Gasteiger partial charge on any atom is -0.403 e. The Morgan fingerprint density at radius 1 is 1.03 bits per heavy atom. The monoisotopic (exact) mass is 532 g/mol. The molecule has 0 aromatic rings. The van der Waals surface area contributed by atoms with Gasteiger partial charge in [-0.25, -0.2) is 0 Å². The lowest BCUT2D eigenvalue weighted by molar-refractivity contribution is -0.388. The van der Waals surface area contributed by atoms with E-state index in [0.29, 0.717) is 25.0 Å². The summed E-state index contributed by atoms with van der Waals surface area (Å²) < 4.78 is 19.9. The molecule has 6 atom stereocenters. The number of ether oxygens (including phenoxy) is 2. The summed E-state index contributed by atoms with van der Waals surface area (Å²) in [5, 5.41) is 11.5. The first-order valence-corrected chi connectivity index (χ1v) is 18.5. The minimum atomic E-state index is -1.96. The van der Waals surface area contributed by atoms with Crippen molar-refractivity contribution in [2.45, 2.75) is 148 Å². The van der Waals surface area contributed by atoms with Crippen molar-refractivity contribution in [2.75, 3.05) is 13.2 Å². The van der Waals surface area contributed by atoms with Crippen molar-refractivity contribution in [1.29, 1.82) is 0 Å². The van der Waals surface area contributed by atoms with Gasteiger partial charge in [-0.15, -0.1) is 0 Å². The number of fused-ring (bicyclic) bond motifs is 2. The second kappa shape index (κ2) is 11.6. The molecule has 1 spiro atoms. The van der Waals surface area contributed by atoms with E-state index in [1.165, 1.54) is 57.8 Å². The summed E-state index contributed by atoms with van der Waals surface area (Å²) in [7, 11) is -1.96. The predicted octanol–water partition coefficient (Wildman–Crippen LogP) is 7.70. The smallest absolute Gasteiger partial charge is 0.193 e. The van der Waals surface area contributed by atoms with Crippen LogP contribution in [-0.2, 0) is 13.9 Å². The lowest BCUT2D eigenvalue weighted by atomic mass is 9.40. The number of aliphatic hydroxyl groups excluding tert-OH is 1. The maximum Gasteiger partial charge on any atom is 0.193 e. The second-order valence-corrected chi connectivity index (χ2v) is 19.0. The van der Waals surface area contributed by atoms with Crippen LogP contribution in [0.15, 0.2) is 0 Å². The fourth-order valence-corrected chi connectivity index (χ4v) is 9.21. The van der Waals surface area contributed by atoms with Gasteiger partial charge in [0.25, 0.3) is 0 Å². The maximum absolute atomic E-state index is 11.3. The van der Waals surface area contributed by atoms with Crippen LogP contribution in [-0.4, -0.2) is 44.6 Å². The Hall–Kier alpha value is -0.383. The van der Waals surface area contributed by atoms with Gasteiger partial charge in [0.15, 0.2) is 14.1 Å². The van der Waals surface area contributed by atoms with E-state index in [2.05, 4.69) is 59.6 Å². The van der Waals surface area contributed by atoms with Gasteiger partial charge in [0.1, 0.15) is 6.10 Å². The van der Waals surface area contributed by atoms with Gasteiger partial charge in [-0.05, 0) is 62.1 Å². The zero-order valence-corrected chi connectivity index (χ0v) is 26.0. The molecule has 1 heterocycles. The van der Waals surface area contributed by atoms with E-state index in [1.807, 2.05) is 0 Å². The molecule has 3 aliphatic carbocycles. The lowest BCUT2D eigenvalue weighted by Gasteiger charge is -2.69. The largest absolute Gasteiger partial charge is 0.403 e. The van der Waals surface area contributed by atoms with E-state index < -0.39 is 14.1 Å². The second-order valence-electron chi connectivity index (χ2n) is 14.3. The molecule has 0 radical (unpaired) electrons. The molecule has 4 rings (SSSR count). The third-order valence-corrected chi connectivity index (χ3v) is 15.5. The average Bonchev–Trinajstić information content (AvgIpc) is 3.38. The Labute approximate surface area is 229 Å². The van der Waals surface area contributed by atoms with Crippen LogP contribution in [0.25, 0.3) is 0 Å². The summed E-state index contributed by atoms with van der Waals surface area (Å²) in [6.07, 6.45) is 13.8. The van der Waals surface area contributed by atoms with Crippen molar-refractivity contribution >= 4 is 8.32 Å². The maximum atomic E-state index is 11.3. The van der Waals surface area contributed by atoms with Crippen LogP contribution < -0.4 is 0 Å². The van der Waals surface area contributed by atoms with Gasteiger partial charge in [0.05, 0.1) is 25.2 Å². The molecule has 37 heavy (non-hydrogen) atoms. The van der Waals surface area contributed by atoms with Crippen LogP contribution in [0.2, 0.25) is 18.1 Å². The zero-order chi connectivity index (χ0) is 26.9. The molecule has 4 fully saturated rings. The van der Waals surface area contributed by atoms with E-state index in [1.54, 1.807) is 0 Å². The van der Waals surface area contributed by atoms with E-state index in [-0.39, 0.29) is 34.5 Å². The molecule has 0 amide bonds. The zero-order valence-electron chi connectivity index (χ0n) is 25.0. The van der Waals surface area contributed by atoms with Crippen molar-refractivity contribution < 1.29 is 19.0 Å². The third-order valence-electron chi connectivity index (χ3n) is 11.0. The van der Waals surface area contributed by atoms with Crippen molar-refractivity contribution in [3.63, 3.8) is 0 Å². The highest BCUT2D eigenvalue weighted by Gasteiger charge is 2.75. The summed E-state index contributed by atoms with van der Waals surface area (Å²) in [4.78, 5) is 0. The highest BCUT2D eigenvalue weighted by atomic mass is 28.4. The Balaban J connectivity index is 1.62. The number of aliphatic hydroxyl groups is 1. The molecule has 4 nitrogen and oxygen atoms in total. The van der Waals surface area contributed by atoms with Crippen molar-refractivity contribution in [2.24, 2.45) is 29.1 Å². The first-order chi connectivity index (χ1) is 17.5. The quantitative estimate of drug-likeness (QED) is 0.198. The molecule has 0 aromatic heterocycles. The molecular weight excluding hydrogens is 476 g/mol. The lowest BCUT2D eigenvalue weighted by Crippen LogP contribution is -2.74. The van der Waals surface area contributed by atoms with Crippen LogP contribution in [0, 0.1) is 40.9 Å². The molecule has 0 bridgehead atoms. The number of hydrogen-bond acceptors (Lipinski definition) is 4. The molecule has 0 aromatic carbocycles. The van der Waals surface area contributed by atoms with E-state index in [0.717, 1.165) is 19.3 Å². The van der Waals surface area contributed by atoms with Gasteiger partial charge in [-0.3, -0.25) is 0 Å². The third kappa shape index (κ3) is 5.49. The first-order valence-electron chi connectivity index (χ1n) is 15.6.